The van der Waals surface area contributed by atoms with Crippen LogP contribution in [-0.4, -0.2) is 49.7 Å². The number of likely N-dealkylation sites (tertiary alicyclic amines) is 1. The molecule has 0 aliphatic carbocycles. The van der Waals surface area contributed by atoms with Gasteiger partial charge in [-0.3, -0.25) is 4.90 Å². The number of hydrogen-bond acceptors (Lipinski definition) is 4. The van der Waals surface area contributed by atoms with Gasteiger partial charge in [0.1, 0.15) is 0 Å². The van der Waals surface area contributed by atoms with Gasteiger partial charge in [0.2, 0.25) is 10.0 Å². The second-order valence-electron chi connectivity index (χ2n) is 6.47. The first kappa shape index (κ1) is 20.2. The summed E-state index contributed by atoms with van der Waals surface area (Å²) in [6.45, 7) is 3.98. The van der Waals surface area contributed by atoms with Gasteiger partial charge in [0.05, 0.1) is 16.6 Å². The molecule has 2 unspecified atom stereocenters. The average molecular weight is 380 g/mol. The third-order valence-corrected chi connectivity index (χ3v) is 6.03. The Morgan fingerprint density at radius 2 is 1.80 bits per heavy atom. The number of benzene rings is 1. The standard InChI is InChI=1S/C16H23F3N2O3S/c1-11-7-8-12(2)21(11)10-13(22)9-20-25(23,24)15-6-4-3-5-14(15)16(17,18)19/h3-6,11-13,20,22H,7-10H2,1-2H3/t11?,12?,13-/m0/s1. The van der Waals surface area contributed by atoms with Gasteiger partial charge in [-0.25, -0.2) is 13.1 Å². The number of alkyl halides is 3. The summed E-state index contributed by atoms with van der Waals surface area (Å²) in [5.74, 6) is 0. The number of aliphatic hydroxyl groups is 1. The molecular weight excluding hydrogens is 357 g/mol. The Kier molecular flexibility index (Phi) is 6.13. The quantitative estimate of drug-likeness (QED) is 0.794. The summed E-state index contributed by atoms with van der Waals surface area (Å²) in [7, 11) is -4.38. The van der Waals surface area contributed by atoms with Gasteiger partial charge in [0.25, 0.3) is 0 Å². The maximum atomic E-state index is 13.0. The van der Waals surface area contributed by atoms with Crippen LogP contribution in [0.25, 0.3) is 0 Å². The molecule has 9 heteroatoms. The van der Waals surface area contributed by atoms with Gasteiger partial charge in [0, 0.05) is 25.2 Å². The molecule has 0 bridgehead atoms. The maximum Gasteiger partial charge on any atom is 0.417 e. The van der Waals surface area contributed by atoms with Crippen molar-refractivity contribution in [3.63, 3.8) is 0 Å². The van der Waals surface area contributed by atoms with Crippen molar-refractivity contribution in [2.24, 2.45) is 0 Å². The number of aliphatic hydroxyl groups excluding tert-OH is 1. The number of nitrogens with one attached hydrogen (secondary N) is 1. The molecule has 0 aromatic heterocycles. The Hall–Kier alpha value is -1.16. The lowest BCUT2D eigenvalue weighted by atomic mass is 10.2. The van der Waals surface area contributed by atoms with Gasteiger partial charge >= 0.3 is 6.18 Å². The van der Waals surface area contributed by atoms with Crippen LogP contribution in [0.2, 0.25) is 0 Å². The second-order valence-corrected chi connectivity index (χ2v) is 8.21. The van der Waals surface area contributed by atoms with E-state index in [2.05, 4.69) is 9.62 Å². The van der Waals surface area contributed by atoms with E-state index >= 15 is 0 Å². The molecule has 0 amide bonds. The molecule has 1 aliphatic heterocycles. The Balaban J connectivity index is 2.05. The van der Waals surface area contributed by atoms with Gasteiger partial charge in [-0.15, -0.1) is 0 Å². The van der Waals surface area contributed by atoms with Gasteiger partial charge in [0.15, 0.2) is 0 Å². The van der Waals surface area contributed by atoms with E-state index in [4.69, 9.17) is 0 Å². The molecule has 1 saturated heterocycles. The van der Waals surface area contributed by atoms with Crippen molar-refractivity contribution in [2.45, 2.75) is 55.9 Å². The van der Waals surface area contributed by atoms with E-state index in [0.717, 1.165) is 31.0 Å². The van der Waals surface area contributed by atoms with Crippen molar-refractivity contribution < 1.29 is 26.7 Å². The zero-order chi connectivity index (χ0) is 18.8. The molecule has 2 N–H and O–H groups in total. The molecule has 2 rings (SSSR count). The summed E-state index contributed by atoms with van der Waals surface area (Å²) >= 11 is 0. The number of sulfonamides is 1. The van der Waals surface area contributed by atoms with Crippen LogP contribution in [0.3, 0.4) is 0 Å². The molecule has 1 heterocycles. The van der Waals surface area contributed by atoms with Crippen molar-refractivity contribution in [2.75, 3.05) is 13.1 Å². The van der Waals surface area contributed by atoms with Crippen molar-refractivity contribution in [3.8, 4) is 0 Å². The Bertz CT molecular complexity index is 684. The van der Waals surface area contributed by atoms with E-state index in [1.54, 1.807) is 0 Å². The lowest BCUT2D eigenvalue weighted by molar-refractivity contribution is -0.139. The van der Waals surface area contributed by atoms with E-state index in [0.29, 0.717) is 0 Å². The SMILES string of the molecule is CC1CCC(C)N1C[C@@H](O)CNS(=O)(=O)c1ccccc1C(F)(F)F. The number of halogens is 3. The summed E-state index contributed by atoms with van der Waals surface area (Å²) in [6.07, 6.45) is -3.78. The van der Waals surface area contributed by atoms with Gasteiger partial charge in [-0.2, -0.15) is 13.2 Å². The van der Waals surface area contributed by atoms with Gasteiger partial charge in [-0.05, 0) is 38.8 Å². The van der Waals surface area contributed by atoms with Crippen LogP contribution in [0.15, 0.2) is 29.2 Å². The fraction of sp³-hybridized carbons (Fsp3) is 0.625. The summed E-state index contributed by atoms with van der Waals surface area (Å²) in [6, 6.07) is 4.56. The first-order valence-electron chi connectivity index (χ1n) is 8.12. The minimum absolute atomic E-state index is 0.270. The highest BCUT2D eigenvalue weighted by molar-refractivity contribution is 7.89. The molecule has 25 heavy (non-hydrogen) atoms. The van der Waals surface area contributed by atoms with Crippen LogP contribution >= 0.6 is 0 Å². The van der Waals surface area contributed by atoms with Crippen LogP contribution < -0.4 is 4.72 Å². The minimum Gasteiger partial charge on any atom is -0.390 e. The molecule has 0 spiro atoms. The normalized spacial score (nSPS) is 23.8. The first-order valence-corrected chi connectivity index (χ1v) is 9.60. The minimum atomic E-state index is -4.77. The summed E-state index contributed by atoms with van der Waals surface area (Å²) in [5, 5.41) is 10.1. The summed E-state index contributed by atoms with van der Waals surface area (Å²) in [5.41, 5.74) is -1.22. The summed E-state index contributed by atoms with van der Waals surface area (Å²) < 4.78 is 65.5. The first-order chi connectivity index (χ1) is 11.5. The van der Waals surface area contributed by atoms with Crippen LogP contribution in [-0.2, 0) is 16.2 Å². The van der Waals surface area contributed by atoms with Crippen molar-refractivity contribution >= 4 is 10.0 Å². The number of rotatable bonds is 6. The number of β-amino-alcohol motifs (C(OH)–C–C–N with tert-alkyl or cyclic N) is 1. The predicted octanol–water partition coefficient (Wildman–Crippen LogP) is 2.22. The second kappa shape index (κ2) is 7.61. The highest BCUT2D eigenvalue weighted by Gasteiger charge is 2.37. The van der Waals surface area contributed by atoms with E-state index < -0.39 is 32.8 Å². The number of hydrogen-bond donors (Lipinski definition) is 2. The fourth-order valence-electron chi connectivity index (χ4n) is 3.14. The Morgan fingerprint density at radius 3 is 2.36 bits per heavy atom. The maximum absolute atomic E-state index is 13.0. The monoisotopic (exact) mass is 380 g/mol. The van der Waals surface area contributed by atoms with Crippen molar-refractivity contribution in [1.29, 1.82) is 0 Å². The molecular formula is C16H23F3N2O3S. The van der Waals surface area contributed by atoms with Crippen LogP contribution in [0.5, 0.6) is 0 Å². The van der Waals surface area contributed by atoms with Crippen molar-refractivity contribution in [1.82, 2.24) is 9.62 Å². The third-order valence-electron chi connectivity index (χ3n) is 4.55. The summed E-state index contributed by atoms with van der Waals surface area (Å²) in [4.78, 5) is 1.24. The molecule has 1 aliphatic rings. The molecule has 1 aromatic rings. The smallest absolute Gasteiger partial charge is 0.390 e. The van der Waals surface area contributed by atoms with E-state index in [9.17, 15) is 26.7 Å². The fourth-order valence-corrected chi connectivity index (χ4v) is 4.43. The van der Waals surface area contributed by atoms with Gasteiger partial charge in [-0.1, -0.05) is 12.1 Å². The molecule has 0 saturated carbocycles. The van der Waals surface area contributed by atoms with Gasteiger partial charge < -0.3 is 5.11 Å². The van der Waals surface area contributed by atoms with Crippen LogP contribution in [0, 0.1) is 0 Å². The lowest BCUT2D eigenvalue weighted by Crippen LogP contribution is -2.43. The molecule has 5 nitrogen and oxygen atoms in total. The van der Waals surface area contributed by atoms with Crippen molar-refractivity contribution in [3.05, 3.63) is 29.8 Å². The Morgan fingerprint density at radius 1 is 1.24 bits per heavy atom. The topological polar surface area (TPSA) is 69.6 Å². The molecule has 1 aromatic carbocycles. The van der Waals surface area contributed by atoms with Crippen LogP contribution in [0.4, 0.5) is 13.2 Å². The van der Waals surface area contributed by atoms with E-state index in [-0.39, 0.29) is 25.2 Å². The highest BCUT2D eigenvalue weighted by atomic mass is 32.2. The molecule has 1 fully saturated rings. The highest BCUT2D eigenvalue weighted by Crippen LogP contribution is 2.33. The zero-order valence-corrected chi connectivity index (χ0v) is 14.9. The zero-order valence-electron chi connectivity index (χ0n) is 14.1. The largest absolute Gasteiger partial charge is 0.417 e. The molecule has 142 valence electrons. The third kappa shape index (κ3) is 4.93. The lowest BCUT2D eigenvalue weighted by Gasteiger charge is -2.28. The Labute approximate surface area is 145 Å². The predicted molar refractivity (Wildman–Crippen MR) is 87.5 cm³/mol. The molecule has 3 atom stereocenters. The number of nitrogens with zero attached hydrogens (tertiary/aromatic N) is 1. The van der Waals surface area contributed by atoms with Crippen LogP contribution in [0.1, 0.15) is 32.3 Å². The van der Waals surface area contributed by atoms with E-state index in [1.807, 2.05) is 13.8 Å². The van der Waals surface area contributed by atoms with E-state index in [1.165, 1.54) is 6.07 Å². The molecule has 0 radical (unpaired) electrons. The average Bonchev–Trinajstić information content (AvgIpc) is 2.84.